The van der Waals surface area contributed by atoms with Gasteiger partial charge in [-0.05, 0) is 73.3 Å². The first-order chi connectivity index (χ1) is 18.9. The lowest BCUT2D eigenvalue weighted by molar-refractivity contribution is -0.139. The molecule has 1 aliphatic heterocycles. The average molecular weight is 561 g/mol. The van der Waals surface area contributed by atoms with Gasteiger partial charge < -0.3 is 14.2 Å². The van der Waals surface area contributed by atoms with E-state index in [1.54, 1.807) is 80.1 Å². The van der Waals surface area contributed by atoms with Crippen LogP contribution in [0.4, 0.5) is 0 Å². The second kappa shape index (κ2) is 11.2. The van der Waals surface area contributed by atoms with Crippen LogP contribution in [0.25, 0.3) is 6.08 Å². The molecule has 0 spiro atoms. The molecule has 8 nitrogen and oxygen atoms in total. The Labute approximate surface area is 231 Å². The fourth-order valence-electron chi connectivity index (χ4n) is 4.18. The highest BCUT2D eigenvalue weighted by molar-refractivity contribution is 7.10. The summed E-state index contributed by atoms with van der Waals surface area (Å²) in [7, 11) is 1.56. The summed E-state index contributed by atoms with van der Waals surface area (Å²) < 4.78 is 17.9. The molecule has 0 N–H and O–H groups in total. The number of aromatic nitrogens is 1. The van der Waals surface area contributed by atoms with Gasteiger partial charge in [0.2, 0.25) is 0 Å². The smallest absolute Gasteiger partial charge is 0.343 e. The van der Waals surface area contributed by atoms with Gasteiger partial charge in [0.25, 0.3) is 5.56 Å². The van der Waals surface area contributed by atoms with Crippen LogP contribution in [-0.4, -0.2) is 30.2 Å². The maximum atomic E-state index is 13.6. The molecule has 0 unspecified atom stereocenters. The molecule has 1 aliphatic rings. The first-order valence-corrected chi connectivity index (χ1v) is 13.8. The fraction of sp³-hybridized carbons (Fsp3) is 0.172. The van der Waals surface area contributed by atoms with Crippen LogP contribution in [0.3, 0.4) is 0 Å². The summed E-state index contributed by atoms with van der Waals surface area (Å²) in [6, 6.07) is 16.7. The summed E-state index contributed by atoms with van der Waals surface area (Å²) in [5, 5.41) is 1.91. The lowest BCUT2D eigenvalue weighted by Crippen LogP contribution is -2.39. The summed E-state index contributed by atoms with van der Waals surface area (Å²) >= 11 is 2.72. The van der Waals surface area contributed by atoms with Crippen LogP contribution in [0, 0.1) is 0 Å². The van der Waals surface area contributed by atoms with Crippen LogP contribution in [0.2, 0.25) is 0 Å². The molecule has 0 amide bonds. The third-order valence-corrected chi connectivity index (χ3v) is 7.95. The van der Waals surface area contributed by atoms with Crippen molar-refractivity contribution >= 4 is 40.7 Å². The number of fused-ring (bicyclic) bond motifs is 1. The molecule has 0 radical (unpaired) electrons. The number of thiophene rings is 1. The highest BCUT2D eigenvalue weighted by Gasteiger charge is 2.33. The monoisotopic (exact) mass is 560 g/mol. The van der Waals surface area contributed by atoms with Crippen LogP contribution < -0.4 is 24.4 Å². The molecule has 4 aromatic rings. The van der Waals surface area contributed by atoms with Crippen LogP contribution >= 0.6 is 22.7 Å². The summed E-state index contributed by atoms with van der Waals surface area (Å²) in [4.78, 5) is 44.9. The number of benzene rings is 2. The predicted octanol–water partition coefficient (Wildman–Crippen LogP) is 4.09. The largest absolute Gasteiger partial charge is 0.497 e. The number of allylic oxidation sites excluding steroid dienone is 1. The third-order valence-electron chi connectivity index (χ3n) is 6.04. The van der Waals surface area contributed by atoms with E-state index in [-0.39, 0.29) is 12.2 Å². The van der Waals surface area contributed by atoms with Gasteiger partial charge in [-0.1, -0.05) is 29.5 Å². The van der Waals surface area contributed by atoms with Gasteiger partial charge in [0.15, 0.2) is 4.80 Å². The van der Waals surface area contributed by atoms with Gasteiger partial charge in [0, 0.05) is 4.88 Å². The van der Waals surface area contributed by atoms with E-state index < -0.39 is 18.0 Å². The highest BCUT2D eigenvalue weighted by Crippen LogP contribution is 2.33. The maximum absolute atomic E-state index is 13.6. The quantitative estimate of drug-likeness (QED) is 0.250. The first-order valence-electron chi connectivity index (χ1n) is 12.1. The average Bonchev–Trinajstić information content (AvgIpc) is 3.57. The van der Waals surface area contributed by atoms with Gasteiger partial charge >= 0.3 is 11.9 Å². The molecule has 0 bridgehead atoms. The topological polar surface area (TPSA) is 96.2 Å². The van der Waals surface area contributed by atoms with Crippen molar-refractivity contribution in [2.45, 2.75) is 19.9 Å². The summed E-state index contributed by atoms with van der Waals surface area (Å²) in [5.74, 6) is 0.0586. The molecule has 5 rings (SSSR count). The van der Waals surface area contributed by atoms with E-state index in [1.165, 1.54) is 22.7 Å². The molecule has 0 saturated heterocycles. The number of carbonyl (C=O) groups is 2. The van der Waals surface area contributed by atoms with E-state index in [0.717, 1.165) is 10.4 Å². The number of rotatable bonds is 7. The Hall–Kier alpha value is -4.28. The normalized spacial score (nSPS) is 14.9. The summed E-state index contributed by atoms with van der Waals surface area (Å²) in [6.45, 7) is 3.73. The van der Waals surface area contributed by atoms with Crippen molar-refractivity contribution in [3.8, 4) is 11.5 Å². The van der Waals surface area contributed by atoms with E-state index in [0.29, 0.717) is 37.7 Å². The van der Waals surface area contributed by atoms with Crippen molar-refractivity contribution in [1.29, 1.82) is 0 Å². The number of ether oxygens (including phenoxy) is 3. The Bertz CT molecular complexity index is 1730. The Balaban J connectivity index is 1.45. The van der Waals surface area contributed by atoms with E-state index in [4.69, 9.17) is 14.2 Å². The molecule has 0 saturated carbocycles. The second-order valence-corrected chi connectivity index (χ2v) is 10.5. The molecule has 198 valence electrons. The fourth-order valence-corrected chi connectivity index (χ4v) is 6.05. The Morgan fingerprint density at radius 2 is 1.74 bits per heavy atom. The van der Waals surface area contributed by atoms with Crippen molar-refractivity contribution in [2.75, 3.05) is 13.7 Å². The standard InChI is InChI=1S/C29H24N2O6S2/c1-4-36-28(34)24-17(2)30-29-31(25(24)22-6-5-15-38-22)26(32)23(39-29)16-18-7-11-21(12-8-18)37-27(33)19-9-13-20(35-3)14-10-19/h5-16,25H,4H2,1-3H3/b23-16-/t25-/m1/s1. The third kappa shape index (κ3) is 5.34. The number of hydrogen-bond donors (Lipinski definition) is 0. The van der Waals surface area contributed by atoms with Crippen molar-refractivity contribution < 1.29 is 23.8 Å². The van der Waals surface area contributed by atoms with Crippen LogP contribution in [0.15, 0.2) is 87.1 Å². The van der Waals surface area contributed by atoms with Crippen LogP contribution in [0.5, 0.6) is 11.5 Å². The summed E-state index contributed by atoms with van der Waals surface area (Å²) in [6.07, 6.45) is 1.76. The predicted molar refractivity (Wildman–Crippen MR) is 149 cm³/mol. The molecule has 10 heteroatoms. The summed E-state index contributed by atoms with van der Waals surface area (Å²) in [5.41, 5.74) is 1.79. The number of carbonyl (C=O) groups excluding carboxylic acids is 2. The number of nitrogens with zero attached hydrogens (tertiary/aromatic N) is 2. The van der Waals surface area contributed by atoms with Gasteiger partial charge in [-0.15, -0.1) is 11.3 Å². The van der Waals surface area contributed by atoms with Gasteiger partial charge in [-0.2, -0.15) is 0 Å². The van der Waals surface area contributed by atoms with E-state index in [9.17, 15) is 14.4 Å². The first kappa shape index (κ1) is 26.3. The Kier molecular flexibility index (Phi) is 7.58. The van der Waals surface area contributed by atoms with E-state index >= 15 is 0 Å². The van der Waals surface area contributed by atoms with Crippen LogP contribution in [-0.2, 0) is 9.53 Å². The van der Waals surface area contributed by atoms with E-state index in [2.05, 4.69) is 4.99 Å². The number of methoxy groups -OCH3 is 1. The Morgan fingerprint density at radius 1 is 1.03 bits per heavy atom. The molecule has 39 heavy (non-hydrogen) atoms. The van der Waals surface area contributed by atoms with E-state index in [1.807, 2.05) is 17.5 Å². The van der Waals surface area contributed by atoms with Crippen LogP contribution in [0.1, 0.15) is 40.7 Å². The zero-order valence-corrected chi connectivity index (χ0v) is 23.0. The molecule has 3 heterocycles. The van der Waals surface area contributed by atoms with Crippen molar-refractivity contribution in [1.82, 2.24) is 4.57 Å². The zero-order chi connectivity index (χ0) is 27.5. The SMILES string of the molecule is CCOC(=O)C1=C(C)N=c2s/c(=C\c3ccc(OC(=O)c4ccc(OC)cc4)cc3)c(=O)n2[C@@H]1c1cccs1. The lowest BCUT2D eigenvalue weighted by atomic mass is 10.0. The van der Waals surface area contributed by atoms with Crippen molar-refractivity contribution in [3.05, 3.63) is 113 Å². The Morgan fingerprint density at radius 3 is 2.38 bits per heavy atom. The minimum atomic E-state index is -0.609. The van der Waals surface area contributed by atoms with Crippen molar-refractivity contribution in [3.63, 3.8) is 0 Å². The lowest BCUT2D eigenvalue weighted by Gasteiger charge is -2.23. The molecular formula is C29H24N2O6S2. The minimum Gasteiger partial charge on any atom is -0.497 e. The molecule has 2 aromatic carbocycles. The number of esters is 2. The molecular weight excluding hydrogens is 536 g/mol. The minimum absolute atomic E-state index is 0.225. The number of thiazole rings is 1. The van der Waals surface area contributed by atoms with Crippen molar-refractivity contribution in [2.24, 2.45) is 4.99 Å². The molecule has 0 aliphatic carbocycles. The van der Waals surface area contributed by atoms with Gasteiger partial charge in [0.05, 0.1) is 35.1 Å². The van der Waals surface area contributed by atoms with Gasteiger partial charge in [-0.3, -0.25) is 9.36 Å². The van der Waals surface area contributed by atoms with Gasteiger partial charge in [-0.25, -0.2) is 14.6 Å². The molecule has 1 atom stereocenters. The van der Waals surface area contributed by atoms with Gasteiger partial charge in [0.1, 0.15) is 17.5 Å². The second-order valence-electron chi connectivity index (χ2n) is 8.50. The molecule has 0 fully saturated rings. The maximum Gasteiger partial charge on any atom is 0.343 e. The number of hydrogen-bond acceptors (Lipinski definition) is 9. The highest BCUT2D eigenvalue weighted by atomic mass is 32.1. The molecule has 2 aromatic heterocycles. The zero-order valence-electron chi connectivity index (χ0n) is 21.4.